The lowest BCUT2D eigenvalue weighted by Crippen LogP contribution is -2.52. The van der Waals surface area contributed by atoms with E-state index in [0.717, 1.165) is 19.3 Å². The van der Waals surface area contributed by atoms with Crippen molar-refractivity contribution in [1.82, 2.24) is 15.2 Å². The molecule has 0 aromatic carbocycles. The summed E-state index contributed by atoms with van der Waals surface area (Å²) in [4.78, 5) is 31.4. The largest absolute Gasteiger partial charge is 0.393 e. The highest BCUT2D eigenvalue weighted by molar-refractivity contribution is 5.94. The van der Waals surface area contributed by atoms with Crippen LogP contribution < -0.4 is 5.32 Å². The van der Waals surface area contributed by atoms with Gasteiger partial charge in [-0.1, -0.05) is 6.92 Å². The molecular formula is C21H31N3O4. The number of rotatable bonds is 6. The van der Waals surface area contributed by atoms with Crippen LogP contribution in [-0.4, -0.2) is 64.8 Å². The van der Waals surface area contributed by atoms with Gasteiger partial charge in [-0.05, 0) is 50.7 Å². The minimum absolute atomic E-state index is 0.0761. The van der Waals surface area contributed by atoms with Gasteiger partial charge in [0, 0.05) is 38.0 Å². The molecule has 0 unspecified atom stereocenters. The lowest BCUT2D eigenvalue weighted by molar-refractivity contribution is -0.140. The molecule has 2 aliphatic rings. The predicted molar refractivity (Wildman–Crippen MR) is 105 cm³/mol. The molecule has 2 heterocycles. The summed E-state index contributed by atoms with van der Waals surface area (Å²) in [6.45, 7) is 3.92. The summed E-state index contributed by atoms with van der Waals surface area (Å²) < 4.78 is 5.98. The molecule has 1 aliphatic carbocycles. The Morgan fingerprint density at radius 2 is 2.07 bits per heavy atom. The number of carbonyl (C=O) groups is 2. The van der Waals surface area contributed by atoms with Crippen molar-refractivity contribution in [3.05, 3.63) is 30.1 Å². The van der Waals surface area contributed by atoms with Crippen LogP contribution in [0.15, 0.2) is 24.5 Å². The minimum atomic E-state index is -0.297. The molecule has 0 spiro atoms. The summed E-state index contributed by atoms with van der Waals surface area (Å²) in [5, 5.41) is 12.8. The number of aliphatic hydroxyl groups is 1. The minimum Gasteiger partial charge on any atom is -0.393 e. The SMILES string of the molecule is CCCO[C@@H]1CC[C@H](C(=O)N2CCC(O)CC2)C[C@H]1NC(=O)c1cccnc1. The lowest BCUT2D eigenvalue weighted by atomic mass is 9.82. The Kier molecular flexibility index (Phi) is 7.39. The van der Waals surface area contributed by atoms with E-state index in [0.29, 0.717) is 44.5 Å². The highest BCUT2D eigenvalue weighted by Gasteiger charge is 2.37. The van der Waals surface area contributed by atoms with Crippen molar-refractivity contribution in [2.45, 2.75) is 63.7 Å². The van der Waals surface area contributed by atoms with Crippen LogP contribution in [0.2, 0.25) is 0 Å². The molecule has 2 N–H and O–H groups in total. The van der Waals surface area contributed by atoms with Gasteiger partial charge in [0.15, 0.2) is 0 Å². The first-order valence-corrected chi connectivity index (χ1v) is 10.4. The third-order valence-corrected chi connectivity index (χ3v) is 5.69. The molecule has 1 aromatic rings. The van der Waals surface area contributed by atoms with Gasteiger partial charge in [0.25, 0.3) is 5.91 Å². The van der Waals surface area contributed by atoms with E-state index in [1.165, 1.54) is 0 Å². The molecule has 28 heavy (non-hydrogen) atoms. The van der Waals surface area contributed by atoms with E-state index in [1.54, 1.807) is 24.5 Å². The Bertz CT molecular complexity index is 646. The lowest BCUT2D eigenvalue weighted by Gasteiger charge is -2.39. The van der Waals surface area contributed by atoms with Crippen LogP contribution in [0, 0.1) is 5.92 Å². The van der Waals surface area contributed by atoms with Crippen molar-refractivity contribution in [1.29, 1.82) is 0 Å². The first kappa shape index (κ1) is 20.7. The van der Waals surface area contributed by atoms with Gasteiger partial charge in [-0.2, -0.15) is 0 Å². The van der Waals surface area contributed by atoms with Crippen molar-refractivity contribution in [2.24, 2.45) is 5.92 Å². The zero-order valence-electron chi connectivity index (χ0n) is 16.5. The molecule has 2 fully saturated rings. The number of pyridine rings is 1. The third-order valence-electron chi connectivity index (χ3n) is 5.69. The van der Waals surface area contributed by atoms with Crippen LogP contribution in [0.1, 0.15) is 55.8 Å². The highest BCUT2D eigenvalue weighted by atomic mass is 16.5. The first-order valence-electron chi connectivity index (χ1n) is 10.4. The molecule has 1 saturated heterocycles. The molecule has 7 heteroatoms. The first-order chi connectivity index (χ1) is 13.6. The van der Waals surface area contributed by atoms with Gasteiger partial charge < -0.3 is 20.1 Å². The van der Waals surface area contributed by atoms with E-state index < -0.39 is 0 Å². The highest BCUT2D eigenvalue weighted by Crippen LogP contribution is 2.29. The van der Waals surface area contributed by atoms with Crippen LogP contribution in [0.3, 0.4) is 0 Å². The molecule has 1 aliphatic heterocycles. The molecule has 0 bridgehead atoms. The second-order valence-electron chi connectivity index (χ2n) is 7.80. The fourth-order valence-electron chi connectivity index (χ4n) is 4.08. The van der Waals surface area contributed by atoms with E-state index in [-0.39, 0.29) is 36.0 Å². The number of carbonyl (C=O) groups excluding carboxylic acids is 2. The second-order valence-corrected chi connectivity index (χ2v) is 7.80. The molecule has 7 nitrogen and oxygen atoms in total. The van der Waals surface area contributed by atoms with Crippen molar-refractivity contribution in [3.8, 4) is 0 Å². The number of likely N-dealkylation sites (tertiary alicyclic amines) is 1. The van der Waals surface area contributed by atoms with E-state index in [1.807, 2.05) is 4.90 Å². The summed E-state index contributed by atoms with van der Waals surface area (Å²) in [5.41, 5.74) is 0.509. The molecule has 1 saturated carbocycles. The average Bonchev–Trinajstić information content (AvgIpc) is 2.73. The topological polar surface area (TPSA) is 91.8 Å². The number of piperidine rings is 1. The fraction of sp³-hybridized carbons (Fsp3) is 0.667. The summed E-state index contributed by atoms with van der Waals surface area (Å²) in [7, 11) is 0. The van der Waals surface area contributed by atoms with Gasteiger partial charge in [0.05, 0.1) is 23.8 Å². The predicted octanol–water partition coefficient (Wildman–Crippen LogP) is 1.76. The average molecular weight is 389 g/mol. The van der Waals surface area contributed by atoms with Crippen LogP contribution >= 0.6 is 0 Å². The van der Waals surface area contributed by atoms with E-state index in [9.17, 15) is 14.7 Å². The molecule has 3 rings (SSSR count). The number of aromatic nitrogens is 1. The summed E-state index contributed by atoms with van der Waals surface area (Å²) in [6.07, 6.45) is 7.11. The van der Waals surface area contributed by atoms with E-state index in [2.05, 4.69) is 17.2 Å². The van der Waals surface area contributed by atoms with Crippen LogP contribution in [-0.2, 0) is 9.53 Å². The third kappa shape index (κ3) is 5.29. The quantitative estimate of drug-likeness (QED) is 0.774. The molecule has 154 valence electrons. The Labute approximate surface area is 166 Å². The van der Waals surface area contributed by atoms with Crippen LogP contribution in [0.5, 0.6) is 0 Å². The number of aliphatic hydroxyl groups excluding tert-OH is 1. The number of hydrogen-bond donors (Lipinski definition) is 2. The van der Waals surface area contributed by atoms with Crippen LogP contribution in [0.25, 0.3) is 0 Å². The zero-order chi connectivity index (χ0) is 19.9. The second kappa shape index (κ2) is 9.98. The molecule has 3 atom stereocenters. The fourth-order valence-corrected chi connectivity index (χ4v) is 4.08. The maximum absolute atomic E-state index is 13.0. The monoisotopic (exact) mass is 389 g/mol. The van der Waals surface area contributed by atoms with Crippen molar-refractivity contribution >= 4 is 11.8 Å². The van der Waals surface area contributed by atoms with Gasteiger partial charge in [-0.25, -0.2) is 0 Å². The molecule has 2 amide bonds. The van der Waals surface area contributed by atoms with Gasteiger partial charge >= 0.3 is 0 Å². The number of nitrogens with zero attached hydrogens (tertiary/aromatic N) is 2. The molecule has 0 radical (unpaired) electrons. The van der Waals surface area contributed by atoms with Gasteiger partial charge in [0.2, 0.25) is 5.91 Å². The summed E-state index contributed by atoms with van der Waals surface area (Å²) in [6, 6.07) is 3.27. The smallest absolute Gasteiger partial charge is 0.253 e. The Hall–Kier alpha value is -1.99. The van der Waals surface area contributed by atoms with Crippen LogP contribution in [0.4, 0.5) is 0 Å². The molecule has 1 aromatic heterocycles. The normalized spacial score (nSPS) is 26.1. The standard InChI is InChI=1S/C21H31N3O4/c1-2-12-28-19-6-5-15(21(27)24-10-7-17(25)8-11-24)13-18(19)23-20(26)16-4-3-9-22-14-16/h3-4,9,14-15,17-19,25H,2,5-8,10-13H2,1H3,(H,23,26)/t15-,18+,19+/m0/s1. The van der Waals surface area contributed by atoms with Gasteiger partial charge in [-0.3, -0.25) is 14.6 Å². The number of ether oxygens (including phenoxy) is 1. The van der Waals surface area contributed by atoms with E-state index >= 15 is 0 Å². The summed E-state index contributed by atoms with van der Waals surface area (Å²) in [5.74, 6) is -0.158. The van der Waals surface area contributed by atoms with Crippen molar-refractivity contribution in [3.63, 3.8) is 0 Å². The van der Waals surface area contributed by atoms with Gasteiger partial charge in [0.1, 0.15) is 0 Å². The maximum Gasteiger partial charge on any atom is 0.253 e. The van der Waals surface area contributed by atoms with E-state index in [4.69, 9.17) is 4.74 Å². The van der Waals surface area contributed by atoms with Crippen molar-refractivity contribution in [2.75, 3.05) is 19.7 Å². The molecular weight excluding hydrogens is 358 g/mol. The number of hydrogen-bond acceptors (Lipinski definition) is 5. The number of amides is 2. The Morgan fingerprint density at radius 1 is 1.29 bits per heavy atom. The van der Waals surface area contributed by atoms with Crippen molar-refractivity contribution < 1.29 is 19.4 Å². The number of nitrogens with one attached hydrogen (secondary N) is 1. The zero-order valence-corrected chi connectivity index (χ0v) is 16.5. The summed E-state index contributed by atoms with van der Waals surface area (Å²) >= 11 is 0. The Balaban J connectivity index is 1.64. The Morgan fingerprint density at radius 3 is 2.75 bits per heavy atom. The maximum atomic E-state index is 13.0. The van der Waals surface area contributed by atoms with Gasteiger partial charge in [-0.15, -0.1) is 0 Å².